The highest BCUT2D eigenvalue weighted by molar-refractivity contribution is 9.10. The highest BCUT2D eigenvalue weighted by atomic mass is 79.9. The third kappa shape index (κ3) is 5.43. The van der Waals surface area contributed by atoms with Gasteiger partial charge in [-0.3, -0.25) is 0 Å². The summed E-state index contributed by atoms with van der Waals surface area (Å²) in [7, 11) is 0. The van der Waals surface area contributed by atoms with Gasteiger partial charge in [0.15, 0.2) is 11.5 Å². The van der Waals surface area contributed by atoms with E-state index in [2.05, 4.69) is 21.2 Å². The van der Waals surface area contributed by atoms with Gasteiger partial charge in [-0.2, -0.15) is 0 Å². The Morgan fingerprint density at radius 2 is 1.71 bits per heavy atom. The zero-order chi connectivity index (χ0) is 19.9. The number of hydrogen-bond donors (Lipinski definition) is 1. The number of benzene rings is 3. The van der Waals surface area contributed by atoms with Gasteiger partial charge < -0.3 is 14.8 Å². The molecule has 0 aliphatic rings. The predicted molar refractivity (Wildman–Crippen MR) is 120 cm³/mol. The van der Waals surface area contributed by atoms with Crippen molar-refractivity contribution in [2.24, 2.45) is 0 Å². The molecule has 0 atom stereocenters. The van der Waals surface area contributed by atoms with E-state index in [1.807, 2.05) is 74.5 Å². The number of hydrogen-bond acceptors (Lipinski definition) is 3. The van der Waals surface area contributed by atoms with Gasteiger partial charge in [-0.25, -0.2) is 0 Å². The second-order valence-electron chi connectivity index (χ2n) is 6.42. The molecule has 0 spiro atoms. The lowest BCUT2D eigenvalue weighted by molar-refractivity contribution is 0.269. The quantitative estimate of drug-likeness (QED) is 0.392. The van der Waals surface area contributed by atoms with Crippen molar-refractivity contribution < 1.29 is 9.47 Å². The van der Waals surface area contributed by atoms with Gasteiger partial charge in [0.25, 0.3) is 0 Å². The molecule has 0 aliphatic carbocycles. The summed E-state index contributed by atoms with van der Waals surface area (Å²) in [4.78, 5) is 0. The lowest BCUT2D eigenvalue weighted by atomic mass is 10.1. The fourth-order valence-corrected chi connectivity index (χ4v) is 3.37. The van der Waals surface area contributed by atoms with E-state index in [9.17, 15) is 0 Å². The van der Waals surface area contributed by atoms with Gasteiger partial charge in [0.05, 0.1) is 6.61 Å². The zero-order valence-corrected chi connectivity index (χ0v) is 18.3. The molecule has 5 heteroatoms. The van der Waals surface area contributed by atoms with Crippen molar-refractivity contribution in [2.75, 3.05) is 11.9 Å². The fourth-order valence-electron chi connectivity index (χ4n) is 2.73. The highest BCUT2D eigenvalue weighted by Gasteiger charge is 2.11. The summed E-state index contributed by atoms with van der Waals surface area (Å²) in [5.41, 5.74) is 4.23. The SMILES string of the molecule is CCOc1cc(CNc2ccc(C)c(Cl)c2)c(Br)cc1OCc1ccccc1. The van der Waals surface area contributed by atoms with E-state index < -0.39 is 0 Å². The van der Waals surface area contributed by atoms with Crippen molar-refractivity contribution in [2.45, 2.75) is 27.0 Å². The third-order valence-electron chi connectivity index (χ3n) is 4.30. The minimum Gasteiger partial charge on any atom is -0.490 e. The van der Waals surface area contributed by atoms with Crippen molar-refractivity contribution in [3.8, 4) is 11.5 Å². The van der Waals surface area contributed by atoms with E-state index in [0.717, 1.165) is 43.4 Å². The standard InChI is InChI=1S/C23H23BrClNO2/c1-3-27-22-11-18(14-26-19-10-9-16(2)21(25)12-19)20(24)13-23(22)28-15-17-7-5-4-6-8-17/h4-13,26H,3,14-15H2,1-2H3. The molecule has 1 N–H and O–H groups in total. The first kappa shape index (κ1) is 20.6. The normalized spacial score (nSPS) is 10.6. The Balaban J connectivity index is 1.74. The van der Waals surface area contributed by atoms with E-state index in [4.69, 9.17) is 21.1 Å². The van der Waals surface area contributed by atoms with Crippen molar-refractivity contribution >= 4 is 33.2 Å². The van der Waals surface area contributed by atoms with Crippen molar-refractivity contribution in [1.82, 2.24) is 0 Å². The fraction of sp³-hybridized carbons (Fsp3) is 0.217. The Morgan fingerprint density at radius 3 is 2.43 bits per heavy atom. The van der Waals surface area contributed by atoms with Crippen molar-refractivity contribution in [3.63, 3.8) is 0 Å². The number of rotatable bonds is 8. The summed E-state index contributed by atoms with van der Waals surface area (Å²) in [6.45, 7) is 5.66. The molecule has 3 rings (SSSR count). The van der Waals surface area contributed by atoms with Gasteiger partial charge in [0.2, 0.25) is 0 Å². The van der Waals surface area contributed by atoms with Gasteiger partial charge >= 0.3 is 0 Å². The maximum Gasteiger partial charge on any atom is 0.162 e. The number of anilines is 1. The van der Waals surface area contributed by atoms with Crippen LogP contribution in [0.15, 0.2) is 65.1 Å². The van der Waals surface area contributed by atoms with Gasteiger partial charge in [-0.1, -0.05) is 63.9 Å². The van der Waals surface area contributed by atoms with E-state index >= 15 is 0 Å². The average molecular weight is 461 g/mol. The summed E-state index contributed by atoms with van der Waals surface area (Å²) in [5.74, 6) is 1.46. The Hall–Kier alpha value is -2.17. The van der Waals surface area contributed by atoms with Crippen molar-refractivity contribution in [1.29, 1.82) is 0 Å². The second-order valence-corrected chi connectivity index (χ2v) is 7.68. The van der Waals surface area contributed by atoms with E-state index in [0.29, 0.717) is 19.8 Å². The van der Waals surface area contributed by atoms with Crippen LogP contribution >= 0.6 is 27.5 Å². The lowest BCUT2D eigenvalue weighted by Crippen LogP contribution is -2.04. The molecule has 0 heterocycles. The molecule has 3 aromatic carbocycles. The predicted octanol–water partition coefficient (Wildman–Crippen LogP) is 7.00. The molecule has 0 bridgehead atoms. The van der Waals surface area contributed by atoms with Crippen LogP contribution in [0.2, 0.25) is 5.02 Å². The first-order valence-corrected chi connectivity index (χ1v) is 10.4. The smallest absolute Gasteiger partial charge is 0.162 e. The van der Waals surface area contributed by atoms with E-state index in [1.165, 1.54) is 0 Å². The molecular formula is C23H23BrClNO2. The summed E-state index contributed by atoms with van der Waals surface area (Å²) in [6, 6.07) is 20.0. The maximum absolute atomic E-state index is 6.21. The summed E-state index contributed by atoms with van der Waals surface area (Å²) >= 11 is 9.87. The maximum atomic E-state index is 6.21. The van der Waals surface area contributed by atoms with Crippen LogP contribution in [0.3, 0.4) is 0 Å². The van der Waals surface area contributed by atoms with Gasteiger partial charge in [-0.15, -0.1) is 0 Å². The number of ether oxygens (including phenoxy) is 2. The number of halogens is 2. The molecule has 0 saturated carbocycles. The molecule has 0 amide bonds. The molecule has 28 heavy (non-hydrogen) atoms. The Labute approximate surface area is 179 Å². The Bertz CT molecular complexity index is 931. The number of aryl methyl sites for hydroxylation is 1. The van der Waals surface area contributed by atoms with Crippen LogP contribution in [-0.2, 0) is 13.2 Å². The molecule has 3 nitrogen and oxygen atoms in total. The summed E-state index contributed by atoms with van der Waals surface area (Å²) in [5, 5.41) is 4.16. The third-order valence-corrected chi connectivity index (χ3v) is 5.45. The summed E-state index contributed by atoms with van der Waals surface area (Å²) < 4.78 is 12.8. The average Bonchev–Trinajstić information content (AvgIpc) is 2.70. The van der Waals surface area contributed by atoms with Gasteiger partial charge in [0, 0.05) is 21.7 Å². The van der Waals surface area contributed by atoms with Crippen LogP contribution in [0, 0.1) is 6.92 Å². The van der Waals surface area contributed by atoms with Crippen LogP contribution in [0.1, 0.15) is 23.6 Å². The molecule has 0 radical (unpaired) electrons. The van der Waals surface area contributed by atoms with Gasteiger partial charge in [-0.05, 0) is 54.8 Å². The topological polar surface area (TPSA) is 30.5 Å². The molecule has 0 aromatic heterocycles. The second kappa shape index (κ2) is 9.85. The molecule has 146 valence electrons. The monoisotopic (exact) mass is 459 g/mol. The first-order chi connectivity index (χ1) is 13.6. The molecule has 0 saturated heterocycles. The highest BCUT2D eigenvalue weighted by Crippen LogP contribution is 2.35. The number of nitrogens with one attached hydrogen (secondary N) is 1. The largest absolute Gasteiger partial charge is 0.490 e. The Morgan fingerprint density at radius 1 is 0.964 bits per heavy atom. The minimum atomic E-state index is 0.493. The lowest BCUT2D eigenvalue weighted by Gasteiger charge is -2.16. The van der Waals surface area contributed by atoms with E-state index in [1.54, 1.807) is 0 Å². The molecule has 3 aromatic rings. The molecular weight excluding hydrogens is 438 g/mol. The summed E-state index contributed by atoms with van der Waals surface area (Å²) in [6.07, 6.45) is 0. The van der Waals surface area contributed by atoms with Crippen molar-refractivity contribution in [3.05, 3.63) is 86.8 Å². The van der Waals surface area contributed by atoms with E-state index in [-0.39, 0.29) is 0 Å². The van der Waals surface area contributed by atoms with Crippen LogP contribution in [0.5, 0.6) is 11.5 Å². The minimum absolute atomic E-state index is 0.493. The van der Waals surface area contributed by atoms with Crippen LogP contribution in [0.25, 0.3) is 0 Å². The van der Waals surface area contributed by atoms with Crippen LogP contribution in [0.4, 0.5) is 5.69 Å². The van der Waals surface area contributed by atoms with Gasteiger partial charge in [0.1, 0.15) is 6.61 Å². The molecule has 0 fully saturated rings. The first-order valence-electron chi connectivity index (χ1n) is 9.18. The van der Waals surface area contributed by atoms with Crippen LogP contribution in [-0.4, -0.2) is 6.61 Å². The Kier molecular flexibility index (Phi) is 7.24. The molecule has 0 aliphatic heterocycles. The molecule has 0 unspecified atom stereocenters. The van der Waals surface area contributed by atoms with Crippen LogP contribution < -0.4 is 14.8 Å². The zero-order valence-electron chi connectivity index (χ0n) is 16.0.